The van der Waals surface area contributed by atoms with Crippen molar-refractivity contribution in [2.45, 2.75) is 19.4 Å². The Labute approximate surface area is 109 Å². The maximum atomic E-state index is 10.9. The summed E-state index contributed by atoms with van der Waals surface area (Å²) in [7, 11) is -2.83. The highest BCUT2D eigenvalue weighted by Gasteiger charge is 2.07. The average molecular weight is 326 g/mol. The van der Waals surface area contributed by atoms with Gasteiger partial charge >= 0.3 is 0 Å². The molecule has 1 aromatic rings. The van der Waals surface area contributed by atoms with E-state index in [0.29, 0.717) is 6.42 Å². The lowest BCUT2D eigenvalue weighted by Gasteiger charge is -2.11. The molecule has 0 spiro atoms. The number of halogens is 1. The third kappa shape index (κ3) is 5.43. The van der Waals surface area contributed by atoms with Crippen LogP contribution < -0.4 is 5.32 Å². The van der Waals surface area contributed by atoms with Gasteiger partial charge in [-0.15, -0.1) is 11.3 Å². The summed E-state index contributed by atoms with van der Waals surface area (Å²) in [6.07, 6.45) is 1.93. The number of rotatable bonds is 6. The van der Waals surface area contributed by atoms with Gasteiger partial charge in [-0.05, 0) is 41.9 Å². The molecule has 0 saturated carbocycles. The van der Waals surface area contributed by atoms with E-state index in [1.54, 1.807) is 11.3 Å². The van der Waals surface area contributed by atoms with E-state index in [1.807, 2.05) is 5.38 Å². The van der Waals surface area contributed by atoms with E-state index in [4.69, 9.17) is 0 Å². The minimum Gasteiger partial charge on any atom is -0.309 e. The van der Waals surface area contributed by atoms with Crippen molar-refractivity contribution in [1.29, 1.82) is 0 Å². The van der Waals surface area contributed by atoms with Crippen LogP contribution in [0.3, 0.4) is 0 Å². The molecule has 1 rings (SSSR count). The van der Waals surface area contributed by atoms with Crippen LogP contribution in [0.15, 0.2) is 15.9 Å². The van der Waals surface area contributed by atoms with Gasteiger partial charge in [0.1, 0.15) is 9.84 Å². The van der Waals surface area contributed by atoms with Crippen LogP contribution in [0.4, 0.5) is 0 Å². The van der Waals surface area contributed by atoms with Gasteiger partial charge in [0, 0.05) is 27.0 Å². The van der Waals surface area contributed by atoms with Crippen LogP contribution in [0.25, 0.3) is 0 Å². The summed E-state index contributed by atoms with van der Waals surface area (Å²) in [5.41, 5.74) is 0. The molecule has 16 heavy (non-hydrogen) atoms. The predicted molar refractivity (Wildman–Crippen MR) is 72.8 cm³/mol. The van der Waals surface area contributed by atoms with Gasteiger partial charge in [0.05, 0.1) is 5.75 Å². The number of nitrogens with one attached hydrogen (secondary N) is 1. The van der Waals surface area contributed by atoms with Gasteiger partial charge in [0.2, 0.25) is 0 Å². The fraction of sp³-hybridized carbons (Fsp3) is 0.600. The monoisotopic (exact) mass is 325 g/mol. The minimum absolute atomic E-state index is 0.251. The molecular weight excluding hydrogens is 310 g/mol. The molecule has 92 valence electrons. The van der Waals surface area contributed by atoms with Crippen LogP contribution >= 0.6 is 27.3 Å². The standard InChI is InChI=1S/C10H16BrNO2S2/c1-8(10-6-9(11)7-15-10)12-4-3-5-16(2,13)14/h6-8,12H,3-5H2,1-2H3. The van der Waals surface area contributed by atoms with Crippen LogP contribution in [0.2, 0.25) is 0 Å². The van der Waals surface area contributed by atoms with Crippen LogP contribution in [-0.4, -0.2) is 27.0 Å². The number of thiophene rings is 1. The Kier molecular flexibility index (Phi) is 5.43. The first-order valence-electron chi connectivity index (χ1n) is 5.03. The first kappa shape index (κ1) is 14.2. The van der Waals surface area contributed by atoms with E-state index >= 15 is 0 Å². The predicted octanol–water partition coefficient (Wildman–Crippen LogP) is 2.60. The van der Waals surface area contributed by atoms with Gasteiger partial charge in [0.15, 0.2) is 0 Å². The molecule has 1 aromatic heterocycles. The molecule has 3 nitrogen and oxygen atoms in total. The second-order valence-electron chi connectivity index (χ2n) is 3.83. The van der Waals surface area contributed by atoms with Crippen molar-refractivity contribution in [3.05, 3.63) is 20.8 Å². The third-order valence-electron chi connectivity index (χ3n) is 2.16. The second kappa shape index (κ2) is 6.14. The second-order valence-corrected chi connectivity index (χ2v) is 7.94. The molecule has 0 fully saturated rings. The Hall–Kier alpha value is 0.0900. The fourth-order valence-corrected chi connectivity index (χ4v) is 3.46. The van der Waals surface area contributed by atoms with E-state index in [1.165, 1.54) is 11.1 Å². The summed E-state index contributed by atoms with van der Waals surface area (Å²) in [6, 6.07) is 2.36. The van der Waals surface area contributed by atoms with Gasteiger partial charge < -0.3 is 5.32 Å². The van der Waals surface area contributed by atoms with Crippen molar-refractivity contribution in [2.24, 2.45) is 0 Å². The van der Waals surface area contributed by atoms with Crippen LogP contribution in [0.5, 0.6) is 0 Å². The molecule has 0 aromatic carbocycles. The quantitative estimate of drug-likeness (QED) is 0.818. The van der Waals surface area contributed by atoms with Crippen LogP contribution in [0, 0.1) is 0 Å². The SMILES string of the molecule is CC(NCCCS(C)(=O)=O)c1cc(Br)cs1. The molecule has 1 heterocycles. The Bertz CT molecular complexity index is 428. The van der Waals surface area contributed by atoms with E-state index in [0.717, 1.165) is 11.0 Å². The zero-order chi connectivity index (χ0) is 12.2. The van der Waals surface area contributed by atoms with Crippen molar-refractivity contribution in [1.82, 2.24) is 5.32 Å². The van der Waals surface area contributed by atoms with Gasteiger partial charge in [-0.3, -0.25) is 0 Å². The first-order valence-corrected chi connectivity index (χ1v) is 8.77. The summed E-state index contributed by atoms with van der Waals surface area (Å²) >= 11 is 5.11. The topological polar surface area (TPSA) is 46.2 Å². The number of hydrogen-bond donors (Lipinski definition) is 1. The zero-order valence-electron chi connectivity index (χ0n) is 9.36. The molecule has 1 unspecified atom stereocenters. The Morgan fingerprint density at radius 3 is 2.75 bits per heavy atom. The van der Waals surface area contributed by atoms with Crippen molar-refractivity contribution in [3.63, 3.8) is 0 Å². The summed E-state index contributed by atoms with van der Waals surface area (Å²) in [4.78, 5) is 1.26. The van der Waals surface area contributed by atoms with Gasteiger partial charge in [-0.2, -0.15) is 0 Å². The molecule has 0 bridgehead atoms. The molecule has 0 amide bonds. The van der Waals surface area contributed by atoms with Crippen molar-refractivity contribution in [3.8, 4) is 0 Å². The Morgan fingerprint density at radius 2 is 2.25 bits per heavy atom. The Balaban J connectivity index is 2.28. The number of sulfone groups is 1. The number of hydrogen-bond acceptors (Lipinski definition) is 4. The molecule has 1 atom stereocenters. The van der Waals surface area contributed by atoms with Crippen LogP contribution in [-0.2, 0) is 9.84 Å². The molecule has 0 aliphatic heterocycles. The van der Waals surface area contributed by atoms with Crippen molar-refractivity contribution in [2.75, 3.05) is 18.6 Å². The van der Waals surface area contributed by atoms with Gasteiger partial charge in [0.25, 0.3) is 0 Å². The van der Waals surface area contributed by atoms with Crippen molar-refractivity contribution >= 4 is 37.1 Å². The average Bonchev–Trinajstić information content (AvgIpc) is 2.57. The lowest BCUT2D eigenvalue weighted by atomic mass is 10.2. The van der Waals surface area contributed by atoms with E-state index < -0.39 is 9.84 Å². The lowest BCUT2D eigenvalue weighted by molar-refractivity contribution is 0.567. The van der Waals surface area contributed by atoms with Crippen LogP contribution in [0.1, 0.15) is 24.3 Å². The fourth-order valence-electron chi connectivity index (χ4n) is 1.31. The normalized spacial score (nSPS) is 13.9. The molecule has 6 heteroatoms. The highest BCUT2D eigenvalue weighted by Crippen LogP contribution is 2.25. The lowest BCUT2D eigenvalue weighted by Crippen LogP contribution is -2.21. The first-order chi connectivity index (χ1) is 7.38. The molecule has 0 aliphatic rings. The largest absolute Gasteiger partial charge is 0.309 e. The molecule has 0 aliphatic carbocycles. The molecule has 1 N–H and O–H groups in total. The smallest absolute Gasteiger partial charge is 0.147 e. The summed E-state index contributed by atoms with van der Waals surface area (Å²) < 4.78 is 22.9. The highest BCUT2D eigenvalue weighted by molar-refractivity contribution is 9.10. The highest BCUT2D eigenvalue weighted by atomic mass is 79.9. The van der Waals surface area contributed by atoms with E-state index in [2.05, 4.69) is 34.2 Å². The van der Waals surface area contributed by atoms with Gasteiger partial charge in [-0.1, -0.05) is 0 Å². The molecule has 0 saturated heterocycles. The summed E-state index contributed by atoms with van der Waals surface area (Å²) in [5, 5.41) is 5.36. The van der Waals surface area contributed by atoms with E-state index in [-0.39, 0.29) is 11.8 Å². The van der Waals surface area contributed by atoms with E-state index in [9.17, 15) is 8.42 Å². The Morgan fingerprint density at radius 1 is 1.56 bits per heavy atom. The summed E-state index contributed by atoms with van der Waals surface area (Å²) in [5.74, 6) is 0.251. The zero-order valence-corrected chi connectivity index (χ0v) is 12.6. The molecule has 0 radical (unpaired) electrons. The maximum absolute atomic E-state index is 10.9. The summed E-state index contributed by atoms with van der Waals surface area (Å²) in [6.45, 7) is 2.81. The third-order valence-corrected chi connectivity index (χ3v) is 5.06. The molecular formula is C10H16BrNO2S2. The van der Waals surface area contributed by atoms with Gasteiger partial charge in [-0.25, -0.2) is 8.42 Å². The van der Waals surface area contributed by atoms with Crippen molar-refractivity contribution < 1.29 is 8.42 Å². The maximum Gasteiger partial charge on any atom is 0.147 e. The minimum atomic E-state index is -2.83.